The molecule has 0 amide bonds. The van der Waals surface area contributed by atoms with E-state index >= 15 is 0 Å². The van der Waals surface area contributed by atoms with Crippen molar-refractivity contribution in [2.24, 2.45) is 5.92 Å². The molecule has 1 aromatic carbocycles. The van der Waals surface area contributed by atoms with Crippen molar-refractivity contribution in [2.45, 2.75) is 32.6 Å². The Balaban J connectivity index is 2.44. The molecule has 0 radical (unpaired) electrons. The summed E-state index contributed by atoms with van der Waals surface area (Å²) in [6.07, 6.45) is 1.40. The van der Waals surface area contributed by atoms with Crippen LogP contribution >= 0.6 is 0 Å². The van der Waals surface area contributed by atoms with E-state index in [2.05, 4.69) is 11.9 Å². The third-order valence-corrected chi connectivity index (χ3v) is 4.48. The van der Waals surface area contributed by atoms with Gasteiger partial charge in [-0.3, -0.25) is 4.98 Å². The Morgan fingerprint density at radius 1 is 1.33 bits per heavy atom. The molecule has 0 bridgehead atoms. The van der Waals surface area contributed by atoms with Gasteiger partial charge >= 0.3 is 5.97 Å². The second-order valence-electron chi connectivity index (χ2n) is 5.74. The van der Waals surface area contributed by atoms with Crippen molar-refractivity contribution >= 4 is 16.9 Å². The highest BCUT2D eigenvalue weighted by Crippen LogP contribution is 2.39. The van der Waals surface area contributed by atoms with Crippen molar-refractivity contribution in [3.63, 3.8) is 0 Å². The smallest absolute Gasteiger partial charge is 0.336 e. The van der Waals surface area contributed by atoms with E-state index in [-0.39, 0.29) is 22.4 Å². The van der Waals surface area contributed by atoms with Crippen LogP contribution in [0.2, 0.25) is 0 Å². The van der Waals surface area contributed by atoms with Crippen LogP contribution in [0.15, 0.2) is 12.1 Å². The molecular weight excluding hydrogens is 276 g/mol. The molecule has 0 saturated carbocycles. The minimum Gasteiger partial charge on any atom is -0.478 e. The molecule has 0 fully saturated rings. The van der Waals surface area contributed by atoms with Gasteiger partial charge in [0, 0.05) is 23.7 Å². The molecule has 0 saturated heterocycles. The molecule has 1 N–H and O–H groups in total. The normalized spacial score (nSPS) is 21.3. The van der Waals surface area contributed by atoms with Gasteiger partial charge in [0.2, 0.25) is 0 Å². The SMILES string of the molecule is CC1CCc2c(nc3cc(F)cc(F)c3c2C(=O)O)C1C. The predicted molar refractivity (Wildman–Crippen MR) is 74.5 cm³/mol. The van der Waals surface area contributed by atoms with E-state index in [9.17, 15) is 18.7 Å². The summed E-state index contributed by atoms with van der Waals surface area (Å²) in [4.78, 5) is 16.0. The number of hydrogen-bond donors (Lipinski definition) is 1. The molecule has 1 heterocycles. The Kier molecular flexibility index (Phi) is 3.15. The van der Waals surface area contributed by atoms with Crippen LogP contribution in [0.25, 0.3) is 10.9 Å². The van der Waals surface area contributed by atoms with Crippen LogP contribution in [0.3, 0.4) is 0 Å². The average Bonchev–Trinajstić information content (AvgIpc) is 2.40. The third kappa shape index (κ3) is 2.07. The zero-order valence-corrected chi connectivity index (χ0v) is 11.8. The first-order chi connectivity index (χ1) is 9.90. The minimum atomic E-state index is -1.19. The van der Waals surface area contributed by atoms with Crippen LogP contribution < -0.4 is 0 Å². The Morgan fingerprint density at radius 2 is 2.05 bits per heavy atom. The lowest BCUT2D eigenvalue weighted by atomic mass is 9.77. The molecule has 5 heteroatoms. The fourth-order valence-corrected chi connectivity index (χ4v) is 3.13. The van der Waals surface area contributed by atoms with Gasteiger partial charge in [-0.1, -0.05) is 13.8 Å². The van der Waals surface area contributed by atoms with E-state index in [0.717, 1.165) is 12.5 Å². The summed E-state index contributed by atoms with van der Waals surface area (Å²) >= 11 is 0. The number of aromatic carboxylic acids is 1. The molecule has 3 rings (SSSR count). The fourth-order valence-electron chi connectivity index (χ4n) is 3.13. The molecule has 3 nitrogen and oxygen atoms in total. The van der Waals surface area contributed by atoms with E-state index < -0.39 is 17.6 Å². The van der Waals surface area contributed by atoms with Crippen molar-refractivity contribution in [3.05, 3.63) is 40.6 Å². The van der Waals surface area contributed by atoms with Crippen molar-refractivity contribution in [1.82, 2.24) is 4.98 Å². The maximum atomic E-state index is 14.1. The Hall–Kier alpha value is -2.04. The average molecular weight is 291 g/mol. The van der Waals surface area contributed by atoms with Crippen LogP contribution in [0.1, 0.15) is 47.8 Å². The van der Waals surface area contributed by atoms with E-state index in [0.29, 0.717) is 29.7 Å². The Morgan fingerprint density at radius 3 is 2.71 bits per heavy atom. The van der Waals surface area contributed by atoms with Crippen LogP contribution in [0.5, 0.6) is 0 Å². The first-order valence-electron chi connectivity index (χ1n) is 6.95. The molecule has 0 spiro atoms. The summed E-state index contributed by atoms with van der Waals surface area (Å²) in [6, 6.07) is 1.80. The number of carboxylic acid groups (broad SMARTS) is 1. The van der Waals surface area contributed by atoms with Gasteiger partial charge in [0.15, 0.2) is 0 Å². The Bertz CT molecular complexity index is 758. The maximum Gasteiger partial charge on any atom is 0.336 e. The van der Waals surface area contributed by atoms with E-state index in [4.69, 9.17) is 0 Å². The number of carboxylic acids is 1. The second-order valence-corrected chi connectivity index (χ2v) is 5.74. The number of rotatable bonds is 1. The van der Waals surface area contributed by atoms with Crippen LogP contribution in [-0.2, 0) is 6.42 Å². The van der Waals surface area contributed by atoms with E-state index in [1.165, 1.54) is 0 Å². The highest BCUT2D eigenvalue weighted by Gasteiger charge is 2.30. The van der Waals surface area contributed by atoms with E-state index in [1.807, 2.05) is 6.92 Å². The summed E-state index contributed by atoms with van der Waals surface area (Å²) in [5.74, 6) is -2.37. The minimum absolute atomic E-state index is 0.0637. The number of fused-ring (bicyclic) bond motifs is 2. The Labute approximate surface area is 120 Å². The number of carbonyl (C=O) groups is 1. The molecule has 2 aromatic rings. The lowest BCUT2D eigenvalue weighted by Gasteiger charge is -2.29. The van der Waals surface area contributed by atoms with Crippen LogP contribution in [0, 0.1) is 17.6 Å². The topological polar surface area (TPSA) is 50.2 Å². The lowest BCUT2D eigenvalue weighted by Crippen LogP contribution is -2.21. The van der Waals surface area contributed by atoms with Gasteiger partial charge in [-0.15, -0.1) is 0 Å². The number of aromatic nitrogens is 1. The third-order valence-electron chi connectivity index (χ3n) is 4.48. The molecule has 0 aliphatic heterocycles. The number of nitrogens with zero attached hydrogens (tertiary/aromatic N) is 1. The van der Waals surface area contributed by atoms with Crippen LogP contribution in [-0.4, -0.2) is 16.1 Å². The molecule has 110 valence electrons. The van der Waals surface area contributed by atoms with Crippen LogP contribution in [0.4, 0.5) is 8.78 Å². The molecule has 2 atom stereocenters. The van der Waals surface area contributed by atoms with Crippen molar-refractivity contribution < 1.29 is 18.7 Å². The molecule has 1 aliphatic carbocycles. The fraction of sp³-hybridized carbons (Fsp3) is 0.375. The van der Waals surface area contributed by atoms with Gasteiger partial charge in [0.25, 0.3) is 0 Å². The summed E-state index contributed by atoms with van der Waals surface area (Å²) in [5.41, 5.74) is 1.26. The molecule has 1 aliphatic rings. The van der Waals surface area contributed by atoms with Crippen molar-refractivity contribution in [2.75, 3.05) is 0 Å². The molecule has 21 heavy (non-hydrogen) atoms. The predicted octanol–water partition coefficient (Wildman–Crippen LogP) is 3.90. The molecule has 2 unspecified atom stereocenters. The second kappa shape index (κ2) is 4.76. The van der Waals surface area contributed by atoms with Gasteiger partial charge in [0.1, 0.15) is 11.6 Å². The molecular formula is C16H15F2NO2. The monoisotopic (exact) mass is 291 g/mol. The summed E-state index contributed by atoms with van der Waals surface area (Å²) in [7, 11) is 0. The number of halogens is 2. The van der Waals surface area contributed by atoms with Crippen molar-refractivity contribution in [1.29, 1.82) is 0 Å². The highest BCUT2D eigenvalue weighted by molar-refractivity contribution is 6.04. The standard InChI is InChI=1S/C16H15F2NO2/c1-7-3-4-10-13(16(20)21)14-11(18)5-9(17)6-12(14)19-15(10)8(7)2/h5-8H,3-4H2,1-2H3,(H,20,21). The first-order valence-corrected chi connectivity index (χ1v) is 6.95. The van der Waals surface area contributed by atoms with Crippen molar-refractivity contribution in [3.8, 4) is 0 Å². The van der Waals surface area contributed by atoms with Gasteiger partial charge in [-0.2, -0.15) is 0 Å². The zero-order chi connectivity index (χ0) is 15.3. The highest BCUT2D eigenvalue weighted by atomic mass is 19.1. The number of hydrogen-bond acceptors (Lipinski definition) is 2. The number of pyridine rings is 1. The number of benzene rings is 1. The van der Waals surface area contributed by atoms with Gasteiger partial charge in [-0.25, -0.2) is 13.6 Å². The van der Waals surface area contributed by atoms with Gasteiger partial charge in [0.05, 0.1) is 16.5 Å². The molecule has 1 aromatic heterocycles. The zero-order valence-electron chi connectivity index (χ0n) is 11.8. The first kappa shape index (κ1) is 13.9. The maximum absolute atomic E-state index is 14.1. The van der Waals surface area contributed by atoms with Gasteiger partial charge in [-0.05, 0) is 24.3 Å². The lowest BCUT2D eigenvalue weighted by molar-refractivity contribution is 0.0696. The summed E-state index contributed by atoms with van der Waals surface area (Å²) in [5, 5.41) is 9.40. The largest absolute Gasteiger partial charge is 0.478 e. The van der Waals surface area contributed by atoms with E-state index in [1.54, 1.807) is 0 Å². The summed E-state index contributed by atoms with van der Waals surface area (Å²) < 4.78 is 27.5. The van der Waals surface area contributed by atoms with Gasteiger partial charge < -0.3 is 5.11 Å². The quantitative estimate of drug-likeness (QED) is 0.867. The summed E-state index contributed by atoms with van der Waals surface area (Å²) in [6.45, 7) is 4.05.